The Morgan fingerprint density at radius 1 is 0.880 bits per heavy atom. The second-order valence-corrected chi connectivity index (χ2v) is 7.07. The van der Waals surface area contributed by atoms with Gasteiger partial charge in [-0.2, -0.15) is 0 Å². The quantitative estimate of drug-likeness (QED) is 0.801. The van der Waals surface area contributed by atoms with E-state index < -0.39 is 0 Å². The van der Waals surface area contributed by atoms with Gasteiger partial charge in [-0.05, 0) is 12.0 Å². The number of fused-ring (bicyclic) bond motifs is 2. The highest BCUT2D eigenvalue weighted by Gasteiger charge is 2.58. The van der Waals surface area contributed by atoms with E-state index in [0.717, 1.165) is 12.0 Å². The molecule has 4 nitrogen and oxygen atoms in total. The monoisotopic (exact) mass is 338 g/mol. The summed E-state index contributed by atoms with van der Waals surface area (Å²) in [4.78, 5) is 0. The molecule has 1 unspecified atom stereocenters. The number of ether oxygens (including phenoxy) is 4. The van der Waals surface area contributed by atoms with Gasteiger partial charge in [0, 0.05) is 11.5 Å². The van der Waals surface area contributed by atoms with Crippen LogP contribution in [0.25, 0.3) is 0 Å². The second kappa shape index (κ2) is 6.54. The Morgan fingerprint density at radius 3 is 2.44 bits per heavy atom. The number of hydrogen-bond donors (Lipinski definition) is 0. The molecule has 2 aromatic rings. The van der Waals surface area contributed by atoms with Crippen molar-refractivity contribution in [2.75, 3.05) is 6.61 Å². The van der Waals surface area contributed by atoms with E-state index in [1.54, 1.807) is 0 Å². The van der Waals surface area contributed by atoms with Crippen molar-refractivity contribution < 1.29 is 18.9 Å². The maximum absolute atomic E-state index is 6.35. The fourth-order valence-corrected chi connectivity index (χ4v) is 4.01. The maximum Gasteiger partial charge on any atom is 0.184 e. The van der Waals surface area contributed by atoms with E-state index >= 15 is 0 Å². The van der Waals surface area contributed by atoms with Crippen LogP contribution in [0.15, 0.2) is 60.7 Å². The van der Waals surface area contributed by atoms with Crippen LogP contribution in [-0.4, -0.2) is 31.0 Å². The van der Waals surface area contributed by atoms with Crippen molar-refractivity contribution in [1.82, 2.24) is 0 Å². The minimum atomic E-state index is -0.319. The molecule has 3 aliphatic rings. The summed E-state index contributed by atoms with van der Waals surface area (Å²) in [5, 5.41) is 0. The Hall–Kier alpha value is -1.72. The lowest BCUT2D eigenvalue weighted by Gasteiger charge is -2.42. The summed E-state index contributed by atoms with van der Waals surface area (Å²) in [5.41, 5.74) is 2.23. The summed E-state index contributed by atoms with van der Waals surface area (Å²) in [7, 11) is 0. The molecule has 2 aliphatic heterocycles. The first-order valence-electron chi connectivity index (χ1n) is 9.01. The van der Waals surface area contributed by atoms with Gasteiger partial charge in [0.15, 0.2) is 6.29 Å². The molecule has 4 heteroatoms. The molecule has 0 bridgehead atoms. The standard InChI is InChI=1S/C21H22O4/c1-3-7-14(8-4-1)12-22-20-18-16(11-17-19(20)24-17)13-23-21(25-18)15-9-5-2-6-10-15/h1-10,16-21H,11-13H2/t16-,17-,18-,19-,20+,21?/m1/s1. The van der Waals surface area contributed by atoms with E-state index in [9.17, 15) is 0 Å². The molecule has 2 aromatic carbocycles. The summed E-state index contributed by atoms with van der Waals surface area (Å²) in [6, 6.07) is 20.4. The molecule has 5 rings (SSSR count). The van der Waals surface area contributed by atoms with E-state index in [1.165, 1.54) is 5.56 Å². The summed E-state index contributed by atoms with van der Waals surface area (Å²) >= 11 is 0. The van der Waals surface area contributed by atoms with Crippen molar-refractivity contribution in [3.63, 3.8) is 0 Å². The van der Waals surface area contributed by atoms with Crippen LogP contribution in [0.1, 0.15) is 23.8 Å². The van der Waals surface area contributed by atoms with Crippen molar-refractivity contribution in [2.24, 2.45) is 5.92 Å². The topological polar surface area (TPSA) is 40.2 Å². The number of hydrogen-bond acceptors (Lipinski definition) is 4. The molecule has 0 amide bonds. The number of rotatable bonds is 4. The van der Waals surface area contributed by atoms with Gasteiger partial charge < -0.3 is 18.9 Å². The smallest absolute Gasteiger partial charge is 0.184 e. The van der Waals surface area contributed by atoms with Crippen LogP contribution in [0.4, 0.5) is 0 Å². The summed E-state index contributed by atoms with van der Waals surface area (Å²) in [6.07, 6.45) is 1.15. The molecular formula is C21H22O4. The zero-order valence-corrected chi connectivity index (χ0v) is 14.0. The Kier molecular flexibility index (Phi) is 4.06. The molecule has 0 radical (unpaired) electrons. The van der Waals surface area contributed by atoms with E-state index in [1.807, 2.05) is 48.5 Å². The lowest BCUT2D eigenvalue weighted by Crippen LogP contribution is -2.50. The maximum atomic E-state index is 6.35. The predicted octanol–water partition coefficient (Wildman–Crippen LogP) is 3.47. The van der Waals surface area contributed by atoms with Crippen LogP contribution in [0.3, 0.4) is 0 Å². The Bertz CT molecular complexity index is 704. The Labute approximate surface area is 147 Å². The first-order valence-corrected chi connectivity index (χ1v) is 9.01. The average Bonchev–Trinajstić information content (AvgIpc) is 3.45. The lowest BCUT2D eigenvalue weighted by molar-refractivity contribution is -0.273. The molecule has 1 aliphatic carbocycles. The molecular weight excluding hydrogens is 316 g/mol. The van der Waals surface area contributed by atoms with Gasteiger partial charge in [-0.1, -0.05) is 60.7 Å². The number of benzene rings is 2. The van der Waals surface area contributed by atoms with Crippen LogP contribution in [0, 0.1) is 5.92 Å². The minimum absolute atomic E-state index is 0.0198. The normalized spacial score (nSPS) is 36.3. The van der Waals surface area contributed by atoms with Crippen LogP contribution in [0.5, 0.6) is 0 Å². The van der Waals surface area contributed by atoms with Crippen molar-refractivity contribution >= 4 is 0 Å². The van der Waals surface area contributed by atoms with Crippen LogP contribution >= 0.6 is 0 Å². The van der Waals surface area contributed by atoms with Gasteiger partial charge >= 0.3 is 0 Å². The predicted molar refractivity (Wildman–Crippen MR) is 91.8 cm³/mol. The summed E-state index contributed by atoms with van der Waals surface area (Å²) in [6.45, 7) is 1.28. The molecule has 6 atom stereocenters. The fourth-order valence-electron chi connectivity index (χ4n) is 4.01. The minimum Gasteiger partial charge on any atom is -0.368 e. The highest BCUT2D eigenvalue weighted by molar-refractivity contribution is 5.17. The van der Waals surface area contributed by atoms with Crippen LogP contribution in [-0.2, 0) is 25.6 Å². The van der Waals surface area contributed by atoms with Crippen molar-refractivity contribution in [3.8, 4) is 0 Å². The Morgan fingerprint density at radius 2 is 1.64 bits per heavy atom. The Balaban J connectivity index is 1.31. The SMILES string of the molecule is c1ccc(CO[C@H]2[C@@H]3OC(c4ccccc4)OC[C@H]3C[C@H]3O[C@@H]23)cc1. The molecule has 0 spiro atoms. The zero-order valence-electron chi connectivity index (χ0n) is 14.0. The van der Waals surface area contributed by atoms with Gasteiger partial charge in [0.1, 0.15) is 12.2 Å². The molecule has 0 N–H and O–H groups in total. The van der Waals surface area contributed by atoms with Gasteiger partial charge in [-0.15, -0.1) is 0 Å². The molecule has 130 valence electrons. The molecule has 25 heavy (non-hydrogen) atoms. The van der Waals surface area contributed by atoms with E-state index in [2.05, 4.69) is 12.1 Å². The third-order valence-electron chi connectivity index (χ3n) is 5.37. The second-order valence-electron chi connectivity index (χ2n) is 7.07. The largest absolute Gasteiger partial charge is 0.368 e. The average molecular weight is 338 g/mol. The van der Waals surface area contributed by atoms with Gasteiger partial charge in [0.25, 0.3) is 0 Å². The highest BCUT2D eigenvalue weighted by atomic mass is 16.7. The summed E-state index contributed by atoms with van der Waals surface area (Å²) < 4.78 is 24.4. The fraction of sp³-hybridized carbons (Fsp3) is 0.429. The van der Waals surface area contributed by atoms with Gasteiger partial charge in [-0.25, -0.2) is 0 Å². The molecule has 0 aromatic heterocycles. The lowest BCUT2D eigenvalue weighted by atomic mass is 9.84. The van der Waals surface area contributed by atoms with Crippen molar-refractivity contribution in [1.29, 1.82) is 0 Å². The van der Waals surface area contributed by atoms with Crippen molar-refractivity contribution in [2.45, 2.75) is 43.7 Å². The summed E-state index contributed by atoms with van der Waals surface area (Å²) in [5.74, 6) is 0.337. The van der Waals surface area contributed by atoms with Crippen LogP contribution in [0.2, 0.25) is 0 Å². The first-order chi connectivity index (χ1) is 12.4. The van der Waals surface area contributed by atoms with Crippen molar-refractivity contribution in [3.05, 3.63) is 71.8 Å². The zero-order chi connectivity index (χ0) is 16.6. The highest BCUT2D eigenvalue weighted by Crippen LogP contribution is 2.46. The van der Waals surface area contributed by atoms with Gasteiger partial charge in [-0.3, -0.25) is 0 Å². The molecule has 3 fully saturated rings. The third kappa shape index (κ3) is 3.11. The molecule has 1 saturated carbocycles. The van der Waals surface area contributed by atoms with E-state index in [-0.39, 0.29) is 24.6 Å². The molecule has 2 saturated heterocycles. The first kappa shape index (κ1) is 15.5. The molecule has 2 heterocycles. The van der Waals surface area contributed by atoms with Gasteiger partial charge in [0.2, 0.25) is 0 Å². The van der Waals surface area contributed by atoms with Crippen LogP contribution < -0.4 is 0 Å². The number of epoxide rings is 1. The third-order valence-corrected chi connectivity index (χ3v) is 5.37. The van der Waals surface area contributed by atoms with E-state index in [0.29, 0.717) is 25.2 Å². The van der Waals surface area contributed by atoms with E-state index in [4.69, 9.17) is 18.9 Å². The van der Waals surface area contributed by atoms with Gasteiger partial charge in [0.05, 0.1) is 25.4 Å².